The van der Waals surface area contributed by atoms with Crippen molar-refractivity contribution in [3.63, 3.8) is 0 Å². The smallest absolute Gasteiger partial charge is 0.430 e. The van der Waals surface area contributed by atoms with Crippen LogP contribution in [0.1, 0.15) is 5.56 Å². The van der Waals surface area contributed by atoms with Crippen molar-refractivity contribution in [1.29, 1.82) is 0 Å². The molecule has 8 heteroatoms. The van der Waals surface area contributed by atoms with Gasteiger partial charge in [0.15, 0.2) is 0 Å². The van der Waals surface area contributed by atoms with Gasteiger partial charge in [-0.2, -0.15) is 13.2 Å². The minimum atomic E-state index is -4.88. The third kappa shape index (κ3) is 3.28. The lowest BCUT2D eigenvalue weighted by atomic mass is 9.97. The number of ether oxygens (including phenoxy) is 1. The van der Waals surface area contributed by atoms with Crippen molar-refractivity contribution >= 4 is 29.3 Å². The van der Waals surface area contributed by atoms with Crippen LogP contribution in [0.4, 0.5) is 18.9 Å². The van der Waals surface area contributed by atoms with Crippen LogP contribution in [0, 0.1) is 0 Å². The first kappa shape index (κ1) is 17.2. The van der Waals surface area contributed by atoms with Crippen molar-refractivity contribution in [2.45, 2.75) is 12.3 Å². The molecule has 3 rings (SSSR count). The van der Waals surface area contributed by atoms with Crippen LogP contribution in [-0.4, -0.2) is 23.4 Å². The first-order valence-corrected chi connectivity index (χ1v) is 7.42. The molecule has 0 aliphatic carbocycles. The van der Waals surface area contributed by atoms with Crippen LogP contribution in [0.25, 0.3) is 17.2 Å². The molecule has 130 valence electrons. The molecule has 0 radical (unpaired) electrons. The average Bonchev–Trinajstić information content (AvgIpc) is 2.52. The number of benzene rings is 2. The third-order valence-corrected chi connectivity index (χ3v) is 3.95. The number of nitrogen functional groups attached to an aromatic ring is 1. The number of anilines is 1. The number of hydrogen-bond acceptors (Lipinski definition) is 3. The molecule has 0 bridgehead atoms. The molecule has 2 aromatic carbocycles. The van der Waals surface area contributed by atoms with Gasteiger partial charge >= 0.3 is 12.1 Å². The van der Waals surface area contributed by atoms with E-state index >= 15 is 0 Å². The minimum Gasteiger partial charge on any atom is -0.478 e. The molecule has 1 aliphatic rings. The van der Waals surface area contributed by atoms with E-state index in [1.807, 2.05) is 0 Å². The maximum absolute atomic E-state index is 13.1. The van der Waals surface area contributed by atoms with Gasteiger partial charge in [0.25, 0.3) is 0 Å². The summed E-state index contributed by atoms with van der Waals surface area (Å²) in [6.07, 6.45) is -6.52. The van der Waals surface area contributed by atoms with E-state index in [9.17, 15) is 18.0 Å². The van der Waals surface area contributed by atoms with Gasteiger partial charge in [-0.1, -0.05) is 23.7 Å². The van der Waals surface area contributed by atoms with E-state index in [1.54, 1.807) is 24.3 Å². The fraction of sp³-hybridized carbons (Fsp3) is 0.118. The number of rotatable bonds is 2. The number of carboxylic acid groups (broad SMARTS) is 1. The zero-order valence-electron chi connectivity index (χ0n) is 12.5. The molecule has 0 saturated heterocycles. The highest BCUT2D eigenvalue weighted by Crippen LogP contribution is 2.43. The quantitative estimate of drug-likeness (QED) is 0.770. The molecule has 0 saturated carbocycles. The number of carbonyl (C=O) groups is 1. The molecule has 3 N–H and O–H groups in total. The second-order valence-electron chi connectivity index (χ2n) is 5.45. The van der Waals surface area contributed by atoms with E-state index in [0.717, 1.165) is 6.08 Å². The van der Waals surface area contributed by atoms with Crippen LogP contribution >= 0.6 is 11.6 Å². The molecule has 0 spiro atoms. The maximum Gasteiger partial charge on any atom is 0.430 e. The van der Waals surface area contributed by atoms with Crippen molar-refractivity contribution in [1.82, 2.24) is 0 Å². The van der Waals surface area contributed by atoms with Gasteiger partial charge in [0, 0.05) is 11.3 Å². The summed E-state index contributed by atoms with van der Waals surface area (Å²) in [5.41, 5.74) is 6.75. The molecule has 0 aromatic heterocycles. The van der Waals surface area contributed by atoms with Gasteiger partial charge in [-0.05, 0) is 41.5 Å². The average molecular weight is 370 g/mol. The van der Waals surface area contributed by atoms with Gasteiger partial charge in [-0.3, -0.25) is 0 Å². The van der Waals surface area contributed by atoms with E-state index < -0.39 is 23.8 Å². The Bertz CT molecular complexity index is 893. The summed E-state index contributed by atoms with van der Waals surface area (Å²) in [5.74, 6) is -1.92. The largest absolute Gasteiger partial charge is 0.478 e. The Morgan fingerprint density at radius 3 is 2.52 bits per heavy atom. The summed E-state index contributed by atoms with van der Waals surface area (Å²) in [4.78, 5) is 11.2. The van der Waals surface area contributed by atoms with Crippen molar-refractivity contribution in [2.75, 3.05) is 5.73 Å². The van der Waals surface area contributed by atoms with Gasteiger partial charge < -0.3 is 15.6 Å². The van der Waals surface area contributed by atoms with Crippen LogP contribution in [-0.2, 0) is 4.79 Å². The first-order chi connectivity index (χ1) is 11.7. The van der Waals surface area contributed by atoms with Crippen molar-refractivity contribution in [3.05, 3.63) is 52.6 Å². The number of hydrogen-bond donors (Lipinski definition) is 2. The number of fused-ring (bicyclic) bond motifs is 1. The second kappa shape index (κ2) is 6.00. The highest BCUT2D eigenvalue weighted by atomic mass is 35.5. The number of alkyl halides is 3. The molecule has 1 atom stereocenters. The molecular formula is C17H11ClF3NO3. The highest BCUT2D eigenvalue weighted by molar-refractivity contribution is 6.32. The first-order valence-electron chi connectivity index (χ1n) is 7.04. The van der Waals surface area contributed by atoms with Gasteiger partial charge in [0.2, 0.25) is 6.10 Å². The fourth-order valence-electron chi connectivity index (χ4n) is 2.57. The maximum atomic E-state index is 13.1. The molecule has 4 nitrogen and oxygen atoms in total. The standard InChI is InChI=1S/C17H11ClF3NO3/c18-13-7-9(8-2-1-3-11(22)5-8)4-10-6-12(16(23)24)15(17(19,20)21)25-14(10)13/h1-7,15H,22H2,(H,23,24). The van der Waals surface area contributed by atoms with Crippen LogP contribution < -0.4 is 10.5 Å². The lowest BCUT2D eigenvalue weighted by molar-refractivity contribution is -0.187. The minimum absolute atomic E-state index is 0.0511. The summed E-state index contributed by atoms with van der Waals surface area (Å²) in [5, 5.41) is 9.04. The zero-order valence-corrected chi connectivity index (χ0v) is 13.2. The highest BCUT2D eigenvalue weighted by Gasteiger charge is 2.48. The fourth-order valence-corrected chi connectivity index (χ4v) is 2.84. The molecule has 0 amide bonds. The second-order valence-corrected chi connectivity index (χ2v) is 5.85. The number of aliphatic carboxylic acids is 1. The Morgan fingerprint density at radius 2 is 1.92 bits per heavy atom. The molecule has 1 aliphatic heterocycles. The summed E-state index contributed by atoms with van der Waals surface area (Å²) >= 11 is 6.08. The molecule has 1 unspecified atom stereocenters. The number of nitrogens with two attached hydrogens (primary N) is 1. The Labute approximate surface area is 145 Å². The van der Waals surface area contributed by atoms with Gasteiger partial charge in [-0.15, -0.1) is 0 Å². The van der Waals surface area contributed by atoms with Crippen molar-refractivity contribution < 1.29 is 27.8 Å². The van der Waals surface area contributed by atoms with E-state index in [-0.39, 0.29) is 16.3 Å². The lowest BCUT2D eigenvalue weighted by Gasteiger charge is -2.28. The van der Waals surface area contributed by atoms with Gasteiger partial charge in [-0.25, -0.2) is 4.79 Å². The lowest BCUT2D eigenvalue weighted by Crippen LogP contribution is -2.40. The van der Waals surface area contributed by atoms with E-state index in [4.69, 9.17) is 27.2 Å². The SMILES string of the molecule is Nc1cccc(-c2cc(Cl)c3c(c2)C=C(C(=O)O)C(C(F)(F)F)O3)c1. The van der Waals surface area contributed by atoms with Crippen LogP contribution in [0.2, 0.25) is 5.02 Å². The Hall–Kier alpha value is -2.67. The molecule has 25 heavy (non-hydrogen) atoms. The van der Waals surface area contributed by atoms with E-state index in [1.165, 1.54) is 12.1 Å². The van der Waals surface area contributed by atoms with Gasteiger partial charge in [0.05, 0.1) is 10.6 Å². The summed E-state index contributed by atoms with van der Waals surface area (Å²) in [7, 11) is 0. The predicted octanol–water partition coefficient (Wildman–Crippen LogP) is 4.38. The number of halogens is 4. The Kier molecular flexibility index (Phi) is 4.12. The van der Waals surface area contributed by atoms with Crippen molar-refractivity contribution in [3.8, 4) is 16.9 Å². The Morgan fingerprint density at radius 1 is 1.20 bits per heavy atom. The normalized spacial score (nSPS) is 16.6. The van der Waals surface area contributed by atoms with Gasteiger partial charge in [0.1, 0.15) is 5.75 Å². The predicted molar refractivity (Wildman–Crippen MR) is 87.4 cm³/mol. The van der Waals surface area contributed by atoms with E-state index in [0.29, 0.717) is 16.8 Å². The van der Waals surface area contributed by atoms with Crippen LogP contribution in [0.15, 0.2) is 42.0 Å². The summed E-state index contributed by atoms with van der Waals surface area (Å²) in [6, 6.07) is 9.77. The van der Waals surface area contributed by atoms with E-state index in [2.05, 4.69) is 0 Å². The van der Waals surface area contributed by atoms with Crippen molar-refractivity contribution in [2.24, 2.45) is 0 Å². The van der Waals surface area contributed by atoms with Crippen LogP contribution in [0.5, 0.6) is 5.75 Å². The summed E-state index contributed by atoms with van der Waals surface area (Å²) in [6.45, 7) is 0. The molecule has 0 fully saturated rings. The van der Waals surface area contributed by atoms with Crippen LogP contribution in [0.3, 0.4) is 0 Å². The number of carboxylic acids is 1. The topological polar surface area (TPSA) is 72.6 Å². The molecule has 1 heterocycles. The molecular weight excluding hydrogens is 359 g/mol. The third-order valence-electron chi connectivity index (χ3n) is 3.67. The Balaban J connectivity index is 2.15. The zero-order chi connectivity index (χ0) is 18.4. The summed E-state index contributed by atoms with van der Waals surface area (Å²) < 4.78 is 44.1. The molecule has 2 aromatic rings. The monoisotopic (exact) mass is 369 g/mol.